The van der Waals surface area contributed by atoms with Crippen molar-refractivity contribution in [2.24, 2.45) is 0 Å². The zero-order chi connectivity index (χ0) is 15.5. The molecule has 0 radical (unpaired) electrons. The first-order chi connectivity index (χ1) is 9.88. The minimum Gasteiger partial charge on any atom is -0.459 e. The molecule has 0 atom stereocenters. The van der Waals surface area contributed by atoms with Gasteiger partial charge in [-0.05, 0) is 44.2 Å². The Labute approximate surface area is 123 Å². The second kappa shape index (κ2) is 6.01. The van der Waals surface area contributed by atoms with Crippen LogP contribution in [0.4, 0.5) is 11.4 Å². The summed E-state index contributed by atoms with van der Waals surface area (Å²) in [5, 5.41) is 2.09. The molecule has 1 aromatic carbocycles. The van der Waals surface area contributed by atoms with E-state index in [0.717, 1.165) is 0 Å². The van der Waals surface area contributed by atoms with Gasteiger partial charge in [0.25, 0.3) is 5.91 Å². The summed E-state index contributed by atoms with van der Waals surface area (Å²) in [6, 6.07) is 9.62. The second-order valence-electron chi connectivity index (χ2n) is 4.71. The van der Waals surface area contributed by atoms with Crippen LogP contribution in [0.3, 0.4) is 0 Å². The third kappa shape index (κ3) is 3.85. The van der Waals surface area contributed by atoms with Gasteiger partial charge in [0.2, 0.25) is 10.0 Å². The van der Waals surface area contributed by atoms with Gasteiger partial charge in [0, 0.05) is 5.69 Å². The number of hydrogen-bond donors (Lipinski definition) is 2. The van der Waals surface area contributed by atoms with E-state index in [1.165, 1.54) is 6.26 Å². The largest absolute Gasteiger partial charge is 0.459 e. The normalized spacial score (nSPS) is 11.4. The van der Waals surface area contributed by atoms with Gasteiger partial charge in [-0.15, -0.1) is 0 Å². The molecule has 0 aliphatic rings. The quantitative estimate of drug-likeness (QED) is 0.888. The maximum Gasteiger partial charge on any atom is 0.291 e. The standard InChI is InChI=1S/C14H16N2O4S/c1-10(2)21(18,19)16-12-6-3-5-11(9-12)15-14(17)13-7-4-8-20-13/h3-10,16H,1-2H3,(H,15,17). The lowest BCUT2D eigenvalue weighted by Crippen LogP contribution is -2.22. The van der Waals surface area contributed by atoms with E-state index in [4.69, 9.17) is 4.42 Å². The van der Waals surface area contributed by atoms with Crippen molar-refractivity contribution in [3.05, 3.63) is 48.4 Å². The summed E-state index contributed by atoms with van der Waals surface area (Å²) in [6.07, 6.45) is 1.40. The van der Waals surface area contributed by atoms with E-state index in [1.807, 2.05) is 0 Å². The number of rotatable bonds is 5. The SMILES string of the molecule is CC(C)S(=O)(=O)Nc1cccc(NC(=O)c2ccco2)c1. The minimum absolute atomic E-state index is 0.183. The summed E-state index contributed by atoms with van der Waals surface area (Å²) >= 11 is 0. The third-order valence-corrected chi connectivity index (χ3v) is 4.51. The first-order valence-electron chi connectivity index (χ1n) is 6.35. The van der Waals surface area contributed by atoms with Crippen LogP contribution < -0.4 is 10.0 Å². The average molecular weight is 308 g/mol. The van der Waals surface area contributed by atoms with Crippen LogP contribution in [0.1, 0.15) is 24.4 Å². The Morgan fingerprint density at radius 3 is 2.48 bits per heavy atom. The van der Waals surface area contributed by atoms with Gasteiger partial charge in [-0.25, -0.2) is 8.42 Å². The number of amides is 1. The predicted molar refractivity (Wildman–Crippen MR) is 80.8 cm³/mol. The molecular weight excluding hydrogens is 292 g/mol. The van der Waals surface area contributed by atoms with Crippen molar-refractivity contribution in [3.63, 3.8) is 0 Å². The van der Waals surface area contributed by atoms with Crippen molar-refractivity contribution in [2.45, 2.75) is 19.1 Å². The maximum atomic E-state index is 11.8. The number of benzene rings is 1. The molecule has 2 rings (SSSR count). The lowest BCUT2D eigenvalue weighted by Gasteiger charge is -2.12. The Hall–Kier alpha value is -2.28. The molecule has 112 valence electrons. The Kier molecular flexibility index (Phi) is 4.32. The summed E-state index contributed by atoms with van der Waals surface area (Å²) in [7, 11) is -3.42. The summed E-state index contributed by atoms with van der Waals surface area (Å²) < 4.78 is 31.1. The number of sulfonamides is 1. The van der Waals surface area contributed by atoms with E-state index in [1.54, 1.807) is 50.2 Å². The lowest BCUT2D eigenvalue weighted by atomic mass is 10.3. The molecule has 0 saturated heterocycles. The van der Waals surface area contributed by atoms with Gasteiger partial charge in [0.05, 0.1) is 17.2 Å². The molecule has 1 heterocycles. The van der Waals surface area contributed by atoms with Crippen LogP contribution in [-0.4, -0.2) is 19.6 Å². The molecule has 7 heteroatoms. The fourth-order valence-corrected chi connectivity index (χ4v) is 2.23. The highest BCUT2D eigenvalue weighted by molar-refractivity contribution is 7.93. The van der Waals surface area contributed by atoms with Gasteiger partial charge >= 0.3 is 0 Å². The van der Waals surface area contributed by atoms with E-state index < -0.39 is 21.2 Å². The Morgan fingerprint density at radius 1 is 1.14 bits per heavy atom. The van der Waals surface area contributed by atoms with Crippen LogP contribution >= 0.6 is 0 Å². The van der Waals surface area contributed by atoms with Crippen LogP contribution in [0, 0.1) is 0 Å². The number of anilines is 2. The average Bonchev–Trinajstić information content (AvgIpc) is 2.92. The van der Waals surface area contributed by atoms with Crippen LogP contribution in [0.25, 0.3) is 0 Å². The van der Waals surface area contributed by atoms with Gasteiger partial charge in [0.15, 0.2) is 5.76 Å². The molecule has 0 aliphatic heterocycles. The Balaban J connectivity index is 2.13. The van der Waals surface area contributed by atoms with E-state index in [-0.39, 0.29) is 5.76 Å². The fraction of sp³-hybridized carbons (Fsp3) is 0.214. The van der Waals surface area contributed by atoms with E-state index in [0.29, 0.717) is 11.4 Å². The molecule has 0 bridgehead atoms. The highest BCUT2D eigenvalue weighted by atomic mass is 32.2. The van der Waals surface area contributed by atoms with Crippen molar-refractivity contribution < 1.29 is 17.6 Å². The van der Waals surface area contributed by atoms with Gasteiger partial charge in [-0.3, -0.25) is 9.52 Å². The molecule has 6 nitrogen and oxygen atoms in total. The van der Waals surface area contributed by atoms with Crippen molar-refractivity contribution >= 4 is 27.3 Å². The zero-order valence-electron chi connectivity index (χ0n) is 11.7. The van der Waals surface area contributed by atoms with Crippen LogP contribution in [0.15, 0.2) is 47.1 Å². The lowest BCUT2D eigenvalue weighted by molar-refractivity contribution is 0.0996. The zero-order valence-corrected chi connectivity index (χ0v) is 12.5. The highest BCUT2D eigenvalue weighted by Crippen LogP contribution is 2.18. The van der Waals surface area contributed by atoms with Gasteiger partial charge < -0.3 is 9.73 Å². The molecule has 1 aromatic heterocycles. The monoisotopic (exact) mass is 308 g/mol. The van der Waals surface area contributed by atoms with E-state index in [9.17, 15) is 13.2 Å². The summed E-state index contributed by atoms with van der Waals surface area (Å²) in [5.41, 5.74) is 0.862. The highest BCUT2D eigenvalue weighted by Gasteiger charge is 2.16. The molecular formula is C14H16N2O4S. The number of carbonyl (C=O) groups is 1. The number of nitrogens with one attached hydrogen (secondary N) is 2. The molecule has 1 amide bonds. The van der Waals surface area contributed by atoms with Crippen LogP contribution in [0.2, 0.25) is 0 Å². The molecule has 0 unspecified atom stereocenters. The van der Waals surface area contributed by atoms with E-state index in [2.05, 4.69) is 10.0 Å². The Bertz CT molecular complexity index is 721. The maximum absolute atomic E-state index is 11.8. The topological polar surface area (TPSA) is 88.4 Å². The van der Waals surface area contributed by atoms with Crippen LogP contribution in [0.5, 0.6) is 0 Å². The van der Waals surface area contributed by atoms with Crippen LogP contribution in [-0.2, 0) is 10.0 Å². The molecule has 0 aliphatic carbocycles. The smallest absolute Gasteiger partial charge is 0.291 e. The molecule has 0 saturated carbocycles. The summed E-state index contributed by atoms with van der Waals surface area (Å²) in [5.74, 6) is -0.216. The van der Waals surface area contributed by atoms with E-state index >= 15 is 0 Å². The summed E-state index contributed by atoms with van der Waals surface area (Å²) in [6.45, 7) is 3.18. The molecule has 0 fully saturated rings. The van der Waals surface area contributed by atoms with Gasteiger partial charge in [-0.1, -0.05) is 6.07 Å². The number of hydrogen-bond acceptors (Lipinski definition) is 4. The molecule has 2 aromatic rings. The van der Waals surface area contributed by atoms with Gasteiger partial charge in [0.1, 0.15) is 0 Å². The predicted octanol–water partition coefficient (Wildman–Crippen LogP) is 2.68. The molecule has 21 heavy (non-hydrogen) atoms. The molecule has 2 N–H and O–H groups in total. The second-order valence-corrected chi connectivity index (χ2v) is 6.95. The number of carbonyl (C=O) groups excluding carboxylic acids is 1. The first kappa shape index (κ1) is 15.1. The fourth-order valence-electron chi connectivity index (χ4n) is 1.54. The van der Waals surface area contributed by atoms with Crippen molar-refractivity contribution in [3.8, 4) is 0 Å². The van der Waals surface area contributed by atoms with Crippen molar-refractivity contribution in [1.29, 1.82) is 0 Å². The minimum atomic E-state index is -3.42. The first-order valence-corrected chi connectivity index (χ1v) is 7.89. The van der Waals surface area contributed by atoms with Crippen molar-refractivity contribution in [2.75, 3.05) is 10.0 Å². The van der Waals surface area contributed by atoms with Gasteiger partial charge in [-0.2, -0.15) is 0 Å². The number of furan rings is 1. The third-order valence-electron chi connectivity index (χ3n) is 2.75. The Morgan fingerprint density at radius 2 is 1.86 bits per heavy atom. The molecule has 0 spiro atoms. The van der Waals surface area contributed by atoms with Crippen molar-refractivity contribution in [1.82, 2.24) is 0 Å². The summed E-state index contributed by atoms with van der Waals surface area (Å²) in [4.78, 5) is 11.8.